The van der Waals surface area contributed by atoms with Crippen LogP contribution in [0, 0.1) is 11.3 Å². The van der Waals surface area contributed by atoms with Gasteiger partial charge in [0.1, 0.15) is 5.54 Å². The van der Waals surface area contributed by atoms with Crippen molar-refractivity contribution in [3.05, 3.63) is 17.7 Å². The van der Waals surface area contributed by atoms with E-state index in [0.717, 1.165) is 19.4 Å². The monoisotopic (exact) mass is 218 g/mol. The maximum atomic E-state index is 8.86. The number of nitrogens with two attached hydrogens (primary N) is 1. The minimum absolute atomic E-state index is 0.673. The van der Waals surface area contributed by atoms with E-state index < -0.39 is 5.54 Å². The van der Waals surface area contributed by atoms with Crippen LogP contribution in [-0.2, 0) is 19.4 Å². The van der Waals surface area contributed by atoms with Crippen LogP contribution in [0.25, 0.3) is 0 Å². The molecule has 1 aromatic rings. The van der Waals surface area contributed by atoms with Crippen molar-refractivity contribution in [2.75, 3.05) is 0 Å². The Labute approximate surface area is 96.1 Å². The molecule has 1 aromatic heterocycles. The van der Waals surface area contributed by atoms with Gasteiger partial charge in [-0.3, -0.25) is 0 Å². The van der Waals surface area contributed by atoms with Crippen LogP contribution in [0.4, 0.5) is 0 Å². The molecule has 1 heterocycles. The first-order valence-electron chi connectivity index (χ1n) is 5.85. The first-order valence-corrected chi connectivity index (χ1v) is 5.85. The largest absolute Gasteiger partial charge is 0.334 e. The summed E-state index contributed by atoms with van der Waals surface area (Å²) in [5, 5.41) is 8.86. The maximum absolute atomic E-state index is 8.86. The van der Waals surface area contributed by atoms with Crippen molar-refractivity contribution in [2.45, 2.75) is 51.1 Å². The Morgan fingerprint density at radius 1 is 1.56 bits per heavy atom. The zero-order valence-electron chi connectivity index (χ0n) is 9.74. The fourth-order valence-corrected chi connectivity index (χ4v) is 2.13. The number of fused-ring (bicyclic) bond motifs is 1. The highest BCUT2D eigenvalue weighted by Gasteiger charge is 2.19. The van der Waals surface area contributed by atoms with Crippen molar-refractivity contribution in [1.82, 2.24) is 9.55 Å². The fraction of sp³-hybridized carbons (Fsp3) is 0.667. The van der Waals surface area contributed by atoms with E-state index in [4.69, 9.17) is 11.0 Å². The Kier molecular flexibility index (Phi) is 2.97. The molecule has 0 amide bonds. The molecular weight excluding hydrogens is 200 g/mol. The van der Waals surface area contributed by atoms with E-state index in [1.54, 1.807) is 6.92 Å². The lowest BCUT2D eigenvalue weighted by Gasteiger charge is -2.18. The van der Waals surface area contributed by atoms with Gasteiger partial charge in [-0.05, 0) is 39.0 Å². The van der Waals surface area contributed by atoms with Crippen molar-refractivity contribution in [3.63, 3.8) is 0 Å². The molecule has 0 saturated heterocycles. The van der Waals surface area contributed by atoms with Crippen LogP contribution in [0.2, 0.25) is 0 Å². The number of aryl methyl sites for hydroxylation is 2. The first-order chi connectivity index (χ1) is 7.62. The smallest absolute Gasteiger partial charge is 0.103 e. The fourth-order valence-electron chi connectivity index (χ4n) is 2.13. The van der Waals surface area contributed by atoms with Crippen molar-refractivity contribution in [1.29, 1.82) is 5.26 Å². The van der Waals surface area contributed by atoms with Gasteiger partial charge in [-0.1, -0.05) is 0 Å². The number of nitriles is 1. The molecule has 2 N–H and O–H groups in total. The Morgan fingerprint density at radius 3 is 3.06 bits per heavy atom. The Balaban J connectivity index is 2.06. The van der Waals surface area contributed by atoms with Gasteiger partial charge in [0.15, 0.2) is 0 Å². The molecule has 0 bridgehead atoms. The van der Waals surface area contributed by atoms with Crippen molar-refractivity contribution >= 4 is 0 Å². The maximum Gasteiger partial charge on any atom is 0.103 e. The summed E-state index contributed by atoms with van der Waals surface area (Å²) in [6, 6.07) is 2.13. The highest BCUT2D eigenvalue weighted by molar-refractivity contribution is 5.16. The topological polar surface area (TPSA) is 67.6 Å². The molecule has 0 spiro atoms. The number of nitrogens with zero attached hydrogens (tertiary/aromatic N) is 3. The van der Waals surface area contributed by atoms with E-state index in [1.807, 2.05) is 6.33 Å². The van der Waals surface area contributed by atoms with Gasteiger partial charge in [-0.15, -0.1) is 0 Å². The molecule has 1 aliphatic carbocycles. The molecule has 0 radical (unpaired) electrons. The van der Waals surface area contributed by atoms with E-state index in [0.29, 0.717) is 6.42 Å². The van der Waals surface area contributed by atoms with Gasteiger partial charge in [-0.25, -0.2) is 4.98 Å². The van der Waals surface area contributed by atoms with E-state index in [1.165, 1.54) is 24.2 Å². The van der Waals surface area contributed by atoms with Gasteiger partial charge >= 0.3 is 0 Å². The molecule has 0 saturated carbocycles. The second kappa shape index (κ2) is 4.26. The number of imidazole rings is 1. The first kappa shape index (κ1) is 11.2. The van der Waals surface area contributed by atoms with Crippen molar-refractivity contribution < 1.29 is 0 Å². The van der Waals surface area contributed by atoms with Crippen LogP contribution in [0.3, 0.4) is 0 Å². The normalized spacial score (nSPS) is 18.6. The minimum atomic E-state index is -0.730. The second-order valence-corrected chi connectivity index (χ2v) is 4.82. The predicted molar refractivity (Wildman–Crippen MR) is 61.7 cm³/mol. The molecular formula is C12H18N4. The summed E-state index contributed by atoms with van der Waals surface area (Å²) in [6.45, 7) is 2.57. The van der Waals surface area contributed by atoms with Gasteiger partial charge in [0.25, 0.3) is 0 Å². The average Bonchev–Trinajstić information content (AvgIpc) is 2.70. The molecule has 0 fully saturated rings. The molecule has 2 rings (SSSR count). The zero-order valence-corrected chi connectivity index (χ0v) is 9.74. The Hall–Kier alpha value is -1.34. The Bertz CT molecular complexity index is 411. The van der Waals surface area contributed by atoms with Gasteiger partial charge in [0, 0.05) is 12.2 Å². The lowest BCUT2D eigenvalue weighted by Crippen LogP contribution is -2.35. The molecule has 86 valence electrons. The van der Waals surface area contributed by atoms with Gasteiger partial charge in [-0.2, -0.15) is 5.26 Å². The van der Waals surface area contributed by atoms with E-state index >= 15 is 0 Å². The lowest BCUT2D eigenvalue weighted by atomic mass is 9.99. The summed E-state index contributed by atoms with van der Waals surface area (Å²) in [5.74, 6) is 0. The molecule has 4 nitrogen and oxygen atoms in total. The van der Waals surface area contributed by atoms with Gasteiger partial charge in [0.05, 0.1) is 18.1 Å². The standard InChI is InChI=1S/C12H18N4/c1-12(14,8-13)6-7-16-9-15-10-4-2-3-5-11(10)16/h9H,2-7,14H2,1H3. The second-order valence-electron chi connectivity index (χ2n) is 4.82. The molecule has 1 unspecified atom stereocenters. The highest BCUT2D eigenvalue weighted by atomic mass is 15.1. The van der Waals surface area contributed by atoms with Crippen LogP contribution in [0.5, 0.6) is 0 Å². The van der Waals surface area contributed by atoms with Crippen LogP contribution in [0.1, 0.15) is 37.6 Å². The zero-order chi connectivity index (χ0) is 11.6. The molecule has 16 heavy (non-hydrogen) atoms. The lowest BCUT2D eigenvalue weighted by molar-refractivity contribution is 0.478. The number of aromatic nitrogens is 2. The van der Waals surface area contributed by atoms with Crippen molar-refractivity contribution in [2.24, 2.45) is 5.73 Å². The highest BCUT2D eigenvalue weighted by Crippen LogP contribution is 2.20. The molecule has 0 aliphatic heterocycles. The Morgan fingerprint density at radius 2 is 2.31 bits per heavy atom. The molecule has 0 aromatic carbocycles. The van der Waals surface area contributed by atoms with Crippen LogP contribution in [0.15, 0.2) is 6.33 Å². The van der Waals surface area contributed by atoms with Crippen LogP contribution < -0.4 is 5.73 Å². The summed E-state index contributed by atoms with van der Waals surface area (Å²) in [5.41, 5.74) is 7.67. The summed E-state index contributed by atoms with van der Waals surface area (Å²) >= 11 is 0. The van der Waals surface area contributed by atoms with Gasteiger partial charge < -0.3 is 10.3 Å². The third-order valence-corrected chi connectivity index (χ3v) is 3.24. The minimum Gasteiger partial charge on any atom is -0.334 e. The summed E-state index contributed by atoms with van der Waals surface area (Å²) in [7, 11) is 0. The van der Waals surface area contributed by atoms with Crippen molar-refractivity contribution in [3.8, 4) is 6.07 Å². The van der Waals surface area contributed by atoms with E-state index in [2.05, 4.69) is 15.6 Å². The number of hydrogen-bond acceptors (Lipinski definition) is 3. The van der Waals surface area contributed by atoms with Gasteiger partial charge in [0.2, 0.25) is 0 Å². The van der Waals surface area contributed by atoms with E-state index in [9.17, 15) is 0 Å². The summed E-state index contributed by atoms with van der Waals surface area (Å²) < 4.78 is 2.16. The number of hydrogen-bond donors (Lipinski definition) is 1. The summed E-state index contributed by atoms with van der Waals surface area (Å²) in [6.07, 6.45) is 7.27. The third kappa shape index (κ3) is 2.25. The molecule has 4 heteroatoms. The summed E-state index contributed by atoms with van der Waals surface area (Å²) in [4.78, 5) is 4.42. The third-order valence-electron chi connectivity index (χ3n) is 3.24. The number of rotatable bonds is 3. The van der Waals surface area contributed by atoms with E-state index in [-0.39, 0.29) is 0 Å². The predicted octanol–water partition coefficient (Wildman–Crippen LogP) is 1.39. The molecule has 1 atom stereocenters. The quantitative estimate of drug-likeness (QED) is 0.833. The van der Waals surface area contributed by atoms with Crippen LogP contribution >= 0.6 is 0 Å². The average molecular weight is 218 g/mol. The SMILES string of the molecule is CC(N)(C#N)CCn1cnc2c1CCCC2. The molecule has 1 aliphatic rings. The van der Waals surface area contributed by atoms with Crippen LogP contribution in [-0.4, -0.2) is 15.1 Å².